The molecule has 4 aromatic heterocycles. The topological polar surface area (TPSA) is 140 Å². The van der Waals surface area contributed by atoms with Crippen molar-refractivity contribution in [2.45, 2.75) is 6.18 Å². The third-order valence-electron chi connectivity index (χ3n) is 5.63. The minimum absolute atomic E-state index is 0.0442. The zero-order valence-corrected chi connectivity index (χ0v) is 21.5. The Hall–Kier alpha value is -5.80. The van der Waals surface area contributed by atoms with Crippen LogP contribution in [0.5, 0.6) is 0 Å². The maximum absolute atomic E-state index is 14.9. The maximum atomic E-state index is 14.9. The zero-order valence-electron chi connectivity index (χ0n) is 21.5. The molecule has 0 aliphatic heterocycles. The summed E-state index contributed by atoms with van der Waals surface area (Å²) in [7, 11) is 1.73. The lowest BCUT2D eigenvalue weighted by molar-refractivity contribution is -0.195. The molecule has 0 radical (unpaired) electrons. The number of fused-ring (bicyclic) bond motifs is 1. The highest BCUT2D eigenvalue weighted by Gasteiger charge is 2.42. The monoisotopic (exact) mass is 581 g/mol. The van der Waals surface area contributed by atoms with E-state index in [1.54, 1.807) is 59.2 Å². The first-order chi connectivity index (χ1) is 20.0. The number of imidazole rings is 1. The lowest BCUT2D eigenvalue weighted by Crippen LogP contribution is -2.28. The average Bonchev–Trinajstić information content (AvgIpc) is 3.58. The van der Waals surface area contributed by atoms with Gasteiger partial charge >= 0.3 is 12.1 Å². The second-order valence-electron chi connectivity index (χ2n) is 8.68. The number of esters is 1. The summed E-state index contributed by atoms with van der Waals surface area (Å²) in [5.41, 5.74) is 2.23. The molecule has 16 heteroatoms. The second-order valence-corrected chi connectivity index (χ2v) is 8.68. The van der Waals surface area contributed by atoms with Crippen molar-refractivity contribution >= 4 is 46.4 Å². The third kappa shape index (κ3) is 6.16. The number of pyridine rings is 1. The van der Waals surface area contributed by atoms with E-state index in [2.05, 4.69) is 47.3 Å². The van der Waals surface area contributed by atoms with E-state index >= 15 is 0 Å². The van der Waals surface area contributed by atoms with Crippen LogP contribution in [-0.4, -0.2) is 47.2 Å². The molecule has 0 saturated carbocycles. The molecule has 0 unspecified atom stereocenters. The van der Waals surface area contributed by atoms with Gasteiger partial charge < -0.3 is 25.1 Å². The van der Waals surface area contributed by atoms with Crippen molar-refractivity contribution < 1.29 is 31.9 Å². The molecule has 5 rings (SSSR count). The van der Waals surface area contributed by atoms with Gasteiger partial charge in [-0.3, -0.25) is 9.48 Å². The van der Waals surface area contributed by atoms with Gasteiger partial charge in [0.15, 0.2) is 5.76 Å². The predicted octanol–water partition coefficient (Wildman–Crippen LogP) is 4.71. The van der Waals surface area contributed by atoms with Crippen molar-refractivity contribution in [3.05, 3.63) is 85.7 Å². The molecule has 4 heterocycles. The molecule has 0 bridgehead atoms. The SMILES string of the molecule is C=C(OC(=O)C(F)(F)F)C(=O)Nc1ccc(F)c(Nc2nc(Nc3cnn(C)c3)ncc2-c2ccc3nccn3c2)c1. The second kappa shape index (κ2) is 11.0. The lowest BCUT2D eigenvalue weighted by atomic mass is 10.1. The highest BCUT2D eigenvalue weighted by atomic mass is 19.4. The van der Waals surface area contributed by atoms with Crippen LogP contribution in [0.3, 0.4) is 0 Å². The number of rotatable bonds is 8. The summed E-state index contributed by atoms with van der Waals surface area (Å²) in [6.07, 6.45) is 4.61. The van der Waals surface area contributed by atoms with Gasteiger partial charge in [-0.2, -0.15) is 23.3 Å². The van der Waals surface area contributed by atoms with Crippen molar-refractivity contribution in [1.82, 2.24) is 29.1 Å². The Morgan fingerprint density at radius 2 is 1.83 bits per heavy atom. The fraction of sp³-hybridized carbons (Fsp3) is 0.0769. The van der Waals surface area contributed by atoms with Crippen LogP contribution in [-0.2, 0) is 21.4 Å². The number of hydrogen-bond donors (Lipinski definition) is 3. The van der Waals surface area contributed by atoms with E-state index in [0.717, 1.165) is 12.1 Å². The summed E-state index contributed by atoms with van der Waals surface area (Å²) in [6.45, 7) is 3.04. The molecule has 1 aromatic carbocycles. The molecule has 214 valence electrons. The Bertz CT molecular complexity index is 1830. The molecule has 0 atom stereocenters. The van der Waals surface area contributed by atoms with E-state index in [9.17, 15) is 27.2 Å². The van der Waals surface area contributed by atoms with Gasteiger partial charge in [-0.25, -0.2) is 19.2 Å². The molecular weight excluding hydrogens is 562 g/mol. The van der Waals surface area contributed by atoms with Gasteiger partial charge in [-0.15, -0.1) is 0 Å². The van der Waals surface area contributed by atoms with Gasteiger partial charge in [-0.05, 0) is 30.3 Å². The van der Waals surface area contributed by atoms with Crippen LogP contribution in [0.25, 0.3) is 16.8 Å². The smallest absolute Gasteiger partial charge is 0.415 e. The molecule has 0 fully saturated rings. The molecule has 12 nitrogen and oxygen atoms in total. The Kier molecular flexibility index (Phi) is 7.26. The number of carbonyl (C=O) groups is 2. The van der Waals surface area contributed by atoms with E-state index in [-0.39, 0.29) is 23.1 Å². The summed E-state index contributed by atoms with van der Waals surface area (Å²) in [4.78, 5) is 36.4. The fourth-order valence-corrected chi connectivity index (χ4v) is 3.69. The number of alkyl halides is 3. The highest BCUT2D eigenvalue weighted by Crippen LogP contribution is 2.32. The molecule has 0 saturated heterocycles. The van der Waals surface area contributed by atoms with Gasteiger partial charge in [0, 0.05) is 54.8 Å². The average molecular weight is 581 g/mol. The normalized spacial score (nSPS) is 11.3. The van der Waals surface area contributed by atoms with Crippen LogP contribution in [0, 0.1) is 5.82 Å². The largest absolute Gasteiger partial charge is 0.491 e. The first-order valence-electron chi connectivity index (χ1n) is 11.9. The Morgan fingerprint density at radius 3 is 2.57 bits per heavy atom. The first-order valence-corrected chi connectivity index (χ1v) is 11.9. The molecule has 42 heavy (non-hydrogen) atoms. The fourth-order valence-electron chi connectivity index (χ4n) is 3.69. The first kappa shape index (κ1) is 27.8. The van der Waals surface area contributed by atoms with E-state index in [4.69, 9.17) is 0 Å². The lowest BCUT2D eigenvalue weighted by Gasteiger charge is -2.15. The van der Waals surface area contributed by atoms with Crippen LogP contribution in [0.2, 0.25) is 0 Å². The number of carbonyl (C=O) groups excluding carboxylic acids is 2. The van der Waals surface area contributed by atoms with Crippen LogP contribution >= 0.6 is 0 Å². The maximum Gasteiger partial charge on any atom is 0.491 e. The van der Waals surface area contributed by atoms with Gasteiger partial charge in [-0.1, -0.05) is 6.58 Å². The summed E-state index contributed by atoms with van der Waals surface area (Å²) in [5.74, 6) is -5.37. The van der Waals surface area contributed by atoms with Crippen molar-refractivity contribution in [3.63, 3.8) is 0 Å². The minimum atomic E-state index is -5.32. The summed E-state index contributed by atoms with van der Waals surface area (Å²) in [5, 5.41) is 12.2. The number of amides is 1. The number of benzene rings is 1. The number of nitrogens with zero attached hydrogens (tertiary/aromatic N) is 6. The van der Waals surface area contributed by atoms with Crippen molar-refractivity contribution in [3.8, 4) is 11.1 Å². The van der Waals surface area contributed by atoms with Gasteiger partial charge in [0.25, 0.3) is 5.91 Å². The number of aryl methyl sites for hydroxylation is 1. The van der Waals surface area contributed by atoms with Crippen LogP contribution in [0.1, 0.15) is 0 Å². The molecule has 0 aliphatic rings. The Morgan fingerprint density at radius 1 is 1.02 bits per heavy atom. The summed E-state index contributed by atoms with van der Waals surface area (Å²) < 4.78 is 59.6. The van der Waals surface area contributed by atoms with E-state index < -0.39 is 29.6 Å². The van der Waals surface area contributed by atoms with Gasteiger partial charge in [0.2, 0.25) is 5.95 Å². The molecule has 0 aliphatic carbocycles. The Labute approximate surface area is 233 Å². The molecule has 5 aromatic rings. The summed E-state index contributed by atoms with van der Waals surface area (Å²) >= 11 is 0. The van der Waals surface area contributed by atoms with Gasteiger partial charge in [0.1, 0.15) is 17.3 Å². The molecule has 3 N–H and O–H groups in total. The predicted molar refractivity (Wildman–Crippen MR) is 142 cm³/mol. The molecular formula is C26H19F4N9O3. The van der Waals surface area contributed by atoms with Crippen molar-refractivity contribution in [2.75, 3.05) is 16.0 Å². The van der Waals surface area contributed by atoms with Crippen LogP contribution < -0.4 is 16.0 Å². The number of halogens is 4. The van der Waals surface area contributed by atoms with E-state index in [1.807, 2.05) is 0 Å². The number of aromatic nitrogens is 6. The van der Waals surface area contributed by atoms with Crippen LogP contribution in [0.15, 0.2) is 79.9 Å². The molecule has 0 spiro atoms. The van der Waals surface area contributed by atoms with E-state index in [0.29, 0.717) is 22.5 Å². The highest BCUT2D eigenvalue weighted by molar-refractivity contribution is 6.03. The number of hydrogen-bond acceptors (Lipinski definition) is 9. The summed E-state index contributed by atoms with van der Waals surface area (Å²) in [6, 6.07) is 6.89. The van der Waals surface area contributed by atoms with Gasteiger partial charge in [0.05, 0.1) is 17.6 Å². The van der Waals surface area contributed by atoms with Crippen molar-refractivity contribution in [1.29, 1.82) is 0 Å². The Balaban J connectivity index is 1.45. The van der Waals surface area contributed by atoms with Crippen molar-refractivity contribution in [2.24, 2.45) is 7.05 Å². The number of anilines is 5. The number of nitrogens with one attached hydrogen (secondary N) is 3. The van der Waals surface area contributed by atoms with E-state index in [1.165, 1.54) is 12.3 Å². The van der Waals surface area contributed by atoms with Crippen LogP contribution in [0.4, 0.5) is 46.4 Å². The standard InChI is InChI=1S/C26H19F4N9O3/c1-14(42-24(41)26(28,29)30)23(40)34-16-4-5-19(27)20(9-16)36-22-18(15-3-6-21-31-7-8-39(21)12-15)11-32-25(37-22)35-17-10-33-38(2)13-17/h3-13H,1H2,2H3,(H,34,40)(H2,32,35,36,37). The quantitative estimate of drug-likeness (QED) is 0.103. The third-order valence-corrected chi connectivity index (χ3v) is 5.63. The molecule has 1 amide bonds. The number of ether oxygens (including phenoxy) is 1. The minimum Gasteiger partial charge on any atom is -0.415 e. The zero-order chi connectivity index (χ0) is 30.0.